The van der Waals surface area contributed by atoms with Gasteiger partial charge in [0, 0.05) is 0 Å². The highest BCUT2D eigenvalue weighted by molar-refractivity contribution is 5.86. The van der Waals surface area contributed by atoms with Gasteiger partial charge in [0.05, 0.1) is 13.2 Å². The number of nitrogens with one attached hydrogen (secondary N) is 1. The molecule has 6 heteroatoms. The van der Waals surface area contributed by atoms with Gasteiger partial charge < -0.3 is 21.0 Å². The van der Waals surface area contributed by atoms with Crippen LogP contribution in [0.5, 0.6) is 0 Å². The Morgan fingerprint density at radius 1 is 1.67 bits per heavy atom. The van der Waals surface area contributed by atoms with Crippen LogP contribution < -0.4 is 16.9 Å². The Balaban J connectivity index is 2.25. The summed E-state index contributed by atoms with van der Waals surface area (Å²) in [5.74, 6) is -0.730. The van der Waals surface area contributed by atoms with Gasteiger partial charge in [0.1, 0.15) is 11.4 Å². The summed E-state index contributed by atoms with van der Waals surface area (Å²) in [5, 5.41) is 0. The molecule has 0 aromatic rings. The second kappa shape index (κ2) is 3.10. The fourth-order valence-corrected chi connectivity index (χ4v) is 0.594. The van der Waals surface area contributed by atoms with Gasteiger partial charge in [0.15, 0.2) is 0 Å². The topological polar surface area (TPSA) is 99.6 Å². The van der Waals surface area contributed by atoms with Crippen LogP contribution in [0.25, 0.3) is 0 Å². The molecule has 5 N–H and O–H groups in total. The van der Waals surface area contributed by atoms with Crippen LogP contribution in [-0.4, -0.2) is 24.8 Å². The van der Waals surface area contributed by atoms with E-state index >= 15 is 0 Å². The first-order chi connectivity index (χ1) is 5.53. The maximum atomic E-state index is 10.7. The van der Waals surface area contributed by atoms with Crippen LogP contribution >= 0.6 is 0 Å². The molecule has 0 aliphatic carbocycles. The highest BCUT2D eigenvalue weighted by Gasteiger charge is 2.35. The summed E-state index contributed by atoms with van der Waals surface area (Å²) in [5.41, 5.74) is 12.0. The molecule has 0 atom stereocenters. The maximum Gasteiger partial charge on any atom is 0.372 e. The zero-order valence-electron chi connectivity index (χ0n) is 6.50. The van der Waals surface area contributed by atoms with Crippen LogP contribution in [0.2, 0.25) is 0 Å². The first kappa shape index (κ1) is 8.98. The lowest BCUT2D eigenvalue weighted by Crippen LogP contribution is -2.67. The molecule has 1 heterocycles. The van der Waals surface area contributed by atoms with Crippen molar-refractivity contribution < 1.29 is 14.4 Å². The van der Waals surface area contributed by atoms with Crippen molar-refractivity contribution in [1.82, 2.24) is 5.48 Å². The predicted molar refractivity (Wildman–Crippen MR) is 40.3 cm³/mol. The molecule has 6 nitrogen and oxygen atoms in total. The van der Waals surface area contributed by atoms with E-state index in [9.17, 15) is 4.79 Å². The Kier molecular flexibility index (Phi) is 2.32. The molecule has 1 aliphatic rings. The summed E-state index contributed by atoms with van der Waals surface area (Å²) in [6, 6.07) is 0. The zero-order valence-corrected chi connectivity index (χ0v) is 6.50. The summed E-state index contributed by atoms with van der Waals surface area (Å²) >= 11 is 0. The molecule has 0 aromatic carbocycles. The molecule has 1 rings (SSSR count). The Morgan fingerprint density at radius 3 is 2.58 bits per heavy atom. The first-order valence-electron chi connectivity index (χ1n) is 3.33. The lowest BCUT2D eigenvalue weighted by atomic mass is 10.2. The average Bonchev–Trinajstić information content (AvgIpc) is 1.96. The van der Waals surface area contributed by atoms with E-state index in [2.05, 4.69) is 16.9 Å². The summed E-state index contributed by atoms with van der Waals surface area (Å²) in [7, 11) is 0. The van der Waals surface area contributed by atoms with Crippen LogP contribution in [0, 0.1) is 0 Å². The van der Waals surface area contributed by atoms with Crippen molar-refractivity contribution >= 4 is 5.97 Å². The second-order valence-corrected chi connectivity index (χ2v) is 2.67. The van der Waals surface area contributed by atoms with E-state index in [1.807, 2.05) is 0 Å². The van der Waals surface area contributed by atoms with Crippen LogP contribution in [-0.2, 0) is 14.4 Å². The predicted octanol–water partition coefficient (Wildman–Crippen LogP) is -1.81. The minimum atomic E-state index is -0.773. The third-order valence-corrected chi connectivity index (χ3v) is 1.33. The van der Waals surface area contributed by atoms with Crippen molar-refractivity contribution in [3.63, 3.8) is 0 Å². The van der Waals surface area contributed by atoms with Crippen LogP contribution in [0.4, 0.5) is 0 Å². The number of ether oxygens (including phenoxy) is 1. The minimum Gasteiger partial charge on any atom is -0.393 e. The largest absolute Gasteiger partial charge is 0.393 e. The first-order valence-corrected chi connectivity index (χ1v) is 3.33. The number of hydroxylamine groups is 1. The molecule has 0 spiro atoms. The fraction of sp³-hybridized carbons (Fsp3) is 0.500. The van der Waals surface area contributed by atoms with Gasteiger partial charge in [-0.05, 0) is 0 Å². The van der Waals surface area contributed by atoms with Gasteiger partial charge in [0.25, 0.3) is 0 Å². The molecule has 1 fully saturated rings. The normalized spacial score (nSPS) is 19.4. The van der Waals surface area contributed by atoms with Crippen molar-refractivity contribution in [1.29, 1.82) is 0 Å². The van der Waals surface area contributed by atoms with E-state index in [1.54, 1.807) is 0 Å². The summed E-state index contributed by atoms with van der Waals surface area (Å²) < 4.78 is 4.80. The molecule has 0 saturated carbocycles. The van der Waals surface area contributed by atoms with Crippen LogP contribution in [0.3, 0.4) is 0 Å². The summed E-state index contributed by atoms with van der Waals surface area (Å²) in [6.07, 6.45) is 0. The molecule has 0 bridgehead atoms. The SMILES string of the molecule is C=C(N)C(=O)ONC1(N)COC1. The average molecular weight is 173 g/mol. The minimum absolute atomic E-state index is 0.175. The van der Waals surface area contributed by atoms with Crippen LogP contribution in [0.1, 0.15) is 0 Å². The quantitative estimate of drug-likeness (QED) is 0.264. The van der Waals surface area contributed by atoms with Crippen molar-refractivity contribution in [2.45, 2.75) is 5.66 Å². The molecule has 0 amide bonds. The van der Waals surface area contributed by atoms with E-state index in [0.717, 1.165) is 0 Å². The van der Waals surface area contributed by atoms with Gasteiger partial charge in [-0.2, -0.15) is 0 Å². The van der Waals surface area contributed by atoms with E-state index < -0.39 is 11.6 Å². The zero-order chi connectivity index (χ0) is 9.19. The van der Waals surface area contributed by atoms with Gasteiger partial charge in [-0.15, -0.1) is 5.48 Å². The van der Waals surface area contributed by atoms with Crippen molar-refractivity contribution in [2.24, 2.45) is 11.5 Å². The number of carbonyl (C=O) groups excluding carboxylic acids is 1. The molecular formula is C6H11N3O3. The van der Waals surface area contributed by atoms with Gasteiger partial charge >= 0.3 is 5.97 Å². The molecule has 12 heavy (non-hydrogen) atoms. The monoisotopic (exact) mass is 173 g/mol. The van der Waals surface area contributed by atoms with Crippen molar-refractivity contribution in [3.05, 3.63) is 12.3 Å². The number of carbonyl (C=O) groups is 1. The lowest BCUT2D eigenvalue weighted by Gasteiger charge is -2.36. The van der Waals surface area contributed by atoms with Crippen molar-refractivity contribution in [2.75, 3.05) is 13.2 Å². The molecule has 0 radical (unpaired) electrons. The molecule has 0 unspecified atom stereocenters. The lowest BCUT2D eigenvalue weighted by molar-refractivity contribution is -0.172. The fourth-order valence-electron chi connectivity index (χ4n) is 0.594. The second-order valence-electron chi connectivity index (χ2n) is 2.67. The summed E-state index contributed by atoms with van der Waals surface area (Å²) in [6.45, 7) is 3.80. The highest BCUT2D eigenvalue weighted by Crippen LogP contribution is 2.08. The van der Waals surface area contributed by atoms with Gasteiger partial charge in [-0.25, -0.2) is 4.79 Å². The Labute approximate surface area is 69.4 Å². The molecular weight excluding hydrogens is 162 g/mol. The van der Waals surface area contributed by atoms with Crippen LogP contribution in [0.15, 0.2) is 12.3 Å². The Morgan fingerprint density at radius 2 is 2.25 bits per heavy atom. The number of hydrogen-bond acceptors (Lipinski definition) is 6. The third-order valence-electron chi connectivity index (χ3n) is 1.33. The standard InChI is InChI=1S/C6H11N3O3/c1-4(7)5(10)12-9-6(8)2-11-3-6/h9H,1-3,7-8H2. The van der Waals surface area contributed by atoms with E-state index in [1.165, 1.54) is 0 Å². The Hall–Kier alpha value is -1.11. The molecule has 0 aromatic heterocycles. The molecule has 1 aliphatic heterocycles. The number of hydrogen-bond donors (Lipinski definition) is 3. The van der Waals surface area contributed by atoms with Crippen molar-refractivity contribution in [3.8, 4) is 0 Å². The van der Waals surface area contributed by atoms with Gasteiger partial charge in [0.2, 0.25) is 0 Å². The molecule has 68 valence electrons. The van der Waals surface area contributed by atoms with Gasteiger partial charge in [-0.3, -0.25) is 0 Å². The maximum absolute atomic E-state index is 10.7. The number of nitrogens with two attached hydrogens (primary N) is 2. The Bertz CT molecular complexity index is 212. The highest BCUT2D eigenvalue weighted by atomic mass is 16.7. The summed E-state index contributed by atoms with van der Waals surface area (Å²) in [4.78, 5) is 15.2. The smallest absolute Gasteiger partial charge is 0.372 e. The van der Waals surface area contributed by atoms with E-state index in [0.29, 0.717) is 13.2 Å². The number of rotatable bonds is 3. The van der Waals surface area contributed by atoms with Gasteiger partial charge in [-0.1, -0.05) is 6.58 Å². The molecule has 1 saturated heterocycles. The third kappa shape index (κ3) is 1.94. The van der Waals surface area contributed by atoms with E-state index in [-0.39, 0.29) is 5.70 Å². The van der Waals surface area contributed by atoms with E-state index in [4.69, 9.17) is 16.2 Å².